The number of pyridine rings is 1. The average molecular weight is 202 g/mol. The number of phenols is 1. The molecule has 1 aromatic carbocycles. The molecule has 0 atom stereocenters. The van der Waals surface area contributed by atoms with Crippen molar-refractivity contribution >= 4 is 10.9 Å². The molecule has 2 aromatic rings. The lowest BCUT2D eigenvalue weighted by Crippen LogP contribution is -2.05. The molecule has 3 nitrogen and oxygen atoms in total. The Hall–Kier alpha value is -1.61. The fourth-order valence-corrected chi connectivity index (χ4v) is 1.70. The van der Waals surface area contributed by atoms with Crippen molar-refractivity contribution in [1.29, 1.82) is 0 Å². The normalized spacial score (nSPS) is 10.8. The summed E-state index contributed by atoms with van der Waals surface area (Å²) in [6.45, 7) is 2.60. The number of aromatic nitrogens is 1. The summed E-state index contributed by atoms with van der Waals surface area (Å²) in [5.41, 5.74) is 8.52. The number of nitrogens with two attached hydrogens (primary N) is 1. The highest BCUT2D eigenvalue weighted by Crippen LogP contribution is 2.20. The summed E-state index contributed by atoms with van der Waals surface area (Å²) >= 11 is 0. The number of aryl methyl sites for hydroxylation is 1. The third-order valence-electron chi connectivity index (χ3n) is 2.51. The molecule has 0 unspecified atom stereocenters. The molecule has 3 heteroatoms. The minimum atomic E-state index is 0.251. The monoisotopic (exact) mass is 202 g/mol. The number of fused-ring (bicyclic) bond motifs is 1. The molecule has 0 fully saturated rings. The van der Waals surface area contributed by atoms with Crippen molar-refractivity contribution in [3.63, 3.8) is 0 Å². The predicted octanol–water partition coefficient (Wildman–Crippen LogP) is 1.75. The largest absolute Gasteiger partial charge is 0.508 e. The number of phenolic OH excluding ortho intramolecular Hbond substituents is 1. The molecule has 2 rings (SSSR count). The van der Waals surface area contributed by atoms with Crippen LogP contribution < -0.4 is 5.73 Å². The van der Waals surface area contributed by atoms with E-state index in [4.69, 9.17) is 5.73 Å². The van der Waals surface area contributed by atoms with Crippen molar-refractivity contribution in [2.24, 2.45) is 5.73 Å². The van der Waals surface area contributed by atoms with Gasteiger partial charge >= 0.3 is 0 Å². The quantitative estimate of drug-likeness (QED) is 0.780. The minimum absolute atomic E-state index is 0.251. The zero-order valence-electron chi connectivity index (χ0n) is 8.70. The number of aromatic hydroxyl groups is 1. The molecular weight excluding hydrogens is 188 g/mol. The molecule has 0 radical (unpaired) electrons. The van der Waals surface area contributed by atoms with E-state index in [1.807, 2.05) is 13.0 Å². The molecule has 0 spiro atoms. The molecule has 0 amide bonds. The highest BCUT2D eigenvalue weighted by atomic mass is 16.3. The Balaban J connectivity index is 2.60. The van der Waals surface area contributed by atoms with Gasteiger partial charge in [-0.15, -0.1) is 0 Å². The molecule has 0 saturated carbocycles. The van der Waals surface area contributed by atoms with Crippen molar-refractivity contribution in [3.8, 4) is 5.75 Å². The van der Waals surface area contributed by atoms with Crippen LogP contribution in [-0.2, 0) is 6.42 Å². The SMILES string of the molecule is Cc1nc2cc(O)ccc2cc1CCN. The van der Waals surface area contributed by atoms with Gasteiger partial charge in [0.2, 0.25) is 0 Å². The molecule has 0 aliphatic carbocycles. The number of hydrogen-bond acceptors (Lipinski definition) is 3. The summed E-state index contributed by atoms with van der Waals surface area (Å²) in [6.07, 6.45) is 0.843. The molecule has 78 valence electrons. The Bertz CT molecular complexity index is 494. The van der Waals surface area contributed by atoms with Gasteiger partial charge in [-0.2, -0.15) is 0 Å². The highest BCUT2D eigenvalue weighted by molar-refractivity contribution is 5.80. The maximum Gasteiger partial charge on any atom is 0.117 e. The van der Waals surface area contributed by atoms with Crippen LogP contribution in [0.1, 0.15) is 11.3 Å². The summed E-state index contributed by atoms with van der Waals surface area (Å²) in [4.78, 5) is 4.44. The minimum Gasteiger partial charge on any atom is -0.508 e. The molecule has 1 heterocycles. The van der Waals surface area contributed by atoms with Crippen molar-refractivity contribution in [2.45, 2.75) is 13.3 Å². The zero-order chi connectivity index (χ0) is 10.8. The van der Waals surface area contributed by atoms with Gasteiger partial charge in [-0.25, -0.2) is 0 Å². The van der Waals surface area contributed by atoms with Crippen LogP contribution in [0, 0.1) is 6.92 Å². The van der Waals surface area contributed by atoms with E-state index in [0.29, 0.717) is 6.54 Å². The van der Waals surface area contributed by atoms with Gasteiger partial charge in [0.25, 0.3) is 0 Å². The van der Waals surface area contributed by atoms with E-state index in [1.165, 1.54) is 5.56 Å². The van der Waals surface area contributed by atoms with Gasteiger partial charge in [0.15, 0.2) is 0 Å². The molecular formula is C12H14N2O. The third-order valence-corrected chi connectivity index (χ3v) is 2.51. The van der Waals surface area contributed by atoms with Crippen LogP contribution in [0.2, 0.25) is 0 Å². The Morgan fingerprint density at radius 3 is 2.87 bits per heavy atom. The van der Waals surface area contributed by atoms with Crippen molar-refractivity contribution < 1.29 is 5.11 Å². The summed E-state index contributed by atoms with van der Waals surface area (Å²) in [5, 5.41) is 10.4. The van der Waals surface area contributed by atoms with Crippen molar-refractivity contribution in [3.05, 3.63) is 35.5 Å². The molecule has 15 heavy (non-hydrogen) atoms. The third kappa shape index (κ3) is 1.92. The lowest BCUT2D eigenvalue weighted by atomic mass is 10.1. The summed E-state index contributed by atoms with van der Waals surface area (Å²) in [7, 11) is 0. The van der Waals surface area contributed by atoms with Crippen molar-refractivity contribution in [2.75, 3.05) is 6.54 Å². The molecule has 0 bridgehead atoms. The number of benzene rings is 1. The predicted molar refractivity (Wildman–Crippen MR) is 60.9 cm³/mol. The molecule has 0 aliphatic rings. The van der Waals surface area contributed by atoms with Gasteiger partial charge in [-0.3, -0.25) is 4.98 Å². The first-order valence-electron chi connectivity index (χ1n) is 5.00. The lowest BCUT2D eigenvalue weighted by molar-refractivity contribution is 0.476. The summed E-state index contributed by atoms with van der Waals surface area (Å²) in [5.74, 6) is 0.251. The Morgan fingerprint density at radius 1 is 1.33 bits per heavy atom. The van der Waals surface area contributed by atoms with Gasteiger partial charge in [0, 0.05) is 17.1 Å². The average Bonchev–Trinajstić information content (AvgIpc) is 2.20. The van der Waals surface area contributed by atoms with Gasteiger partial charge in [-0.05, 0) is 43.7 Å². The second-order valence-electron chi connectivity index (χ2n) is 3.65. The fraction of sp³-hybridized carbons (Fsp3) is 0.250. The summed E-state index contributed by atoms with van der Waals surface area (Å²) in [6, 6.07) is 7.31. The van der Waals surface area contributed by atoms with Crippen molar-refractivity contribution in [1.82, 2.24) is 4.98 Å². The van der Waals surface area contributed by atoms with Gasteiger partial charge < -0.3 is 10.8 Å². The van der Waals surface area contributed by atoms with E-state index >= 15 is 0 Å². The smallest absolute Gasteiger partial charge is 0.117 e. The van der Waals surface area contributed by atoms with Crippen LogP contribution in [0.4, 0.5) is 0 Å². The maximum absolute atomic E-state index is 9.33. The molecule has 3 N–H and O–H groups in total. The van der Waals surface area contributed by atoms with E-state index in [9.17, 15) is 5.11 Å². The second kappa shape index (κ2) is 3.87. The second-order valence-corrected chi connectivity index (χ2v) is 3.65. The van der Waals surface area contributed by atoms with E-state index in [-0.39, 0.29) is 5.75 Å². The number of hydrogen-bond donors (Lipinski definition) is 2. The van der Waals surface area contributed by atoms with Gasteiger partial charge in [0.05, 0.1) is 5.52 Å². The molecule has 1 aromatic heterocycles. The molecule has 0 saturated heterocycles. The first-order chi connectivity index (χ1) is 7.20. The number of nitrogens with zero attached hydrogens (tertiary/aromatic N) is 1. The van der Waals surface area contributed by atoms with Crippen LogP contribution >= 0.6 is 0 Å². The maximum atomic E-state index is 9.33. The van der Waals surface area contributed by atoms with Gasteiger partial charge in [-0.1, -0.05) is 0 Å². The van der Waals surface area contributed by atoms with Crippen LogP contribution in [0.15, 0.2) is 24.3 Å². The number of rotatable bonds is 2. The topological polar surface area (TPSA) is 59.1 Å². The first kappa shape index (κ1) is 9.93. The lowest BCUT2D eigenvalue weighted by Gasteiger charge is -2.06. The molecule has 0 aliphatic heterocycles. The van der Waals surface area contributed by atoms with Crippen LogP contribution in [0.5, 0.6) is 5.75 Å². The van der Waals surface area contributed by atoms with Crippen LogP contribution in [0.3, 0.4) is 0 Å². The summed E-state index contributed by atoms with van der Waals surface area (Å²) < 4.78 is 0. The Morgan fingerprint density at radius 2 is 2.13 bits per heavy atom. The van der Waals surface area contributed by atoms with E-state index in [1.54, 1.807) is 12.1 Å². The Kier molecular flexibility index (Phi) is 2.56. The highest BCUT2D eigenvalue weighted by Gasteiger charge is 2.03. The zero-order valence-corrected chi connectivity index (χ0v) is 8.70. The van der Waals surface area contributed by atoms with Crippen LogP contribution in [-0.4, -0.2) is 16.6 Å². The van der Waals surface area contributed by atoms with E-state index in [2.05, 4.69) is 11.1 Å². The first-order valence-corrected chi connectivity index (χ1v) is 5.00. The van der Waals surface area contributed by atoms with E-state index < -0.39 is 0 Å². The Labute approximate surface area is 88.6 Å². The van der Waals surface area contributed by atoms with E-state index in [0.717, 1.165) is 23.0 Å². The fourth-order valence-electron chi connectivity index (χ4n) is 1.70. The van der Waals surface area contributed by atoms with Crippen LogP contribution in [0.25, 0.3) is 10.9 Å². The standard InChI is InChI=1S/C12H14N2O/c1-8-9(4-5-13)6-10-2-3-11(15)7-12(10)14-8/h2-3,6-7,15H,4-5,13H2,1H3. The van der Waals surface area contributed by atoms with Gasteiger partial charge in [0.1, 0.15) is 5.75 Å².